The molecule has 1 aromatic carbocycles. The lowest BCUT2D eigenvalue weighted by molar-refractivity contribution is -0.294. The summed E-state index contributed by atoms with van der Waals surface area (Å²) in [5.74, 6) is -4.87. The van der Waals surface area contributed by atoms with E-state index in [1.54, 1.807) is 6.07 Å². The van der Waals surface area contributed by atoms with Crippen molar-refractivity contribution in [2.45, 2.75) is 25.1 Å². The van der Waals surface area contributed by atoms with Gasteiger partial charge in [0, 0.05) is 8.95 Å². The summed E-state index contributed by atoms with van der Waals surface area (Å²) < 4.78 is 65.2. The van der Waals surface area contributed by atoms with Gasteiger partial charge in [0.2, 0.25) is 0 Å². The van der Waals surface area contributed by atoms with Crippen LogP contribution in [0.25, 0.3) is 0 Å². The summed E-state index contributed by atoms with van der Waals surface area (Å²) in [4.78, 5) is 0. The van der Waals surface area contributed by atoms with Gasteiger partial charge >= 0.3 is 12.1 Å². The van der Waals surface area contributed by atoms with Crippen LogP contribution in [0.3, 0.4) is 0 Å². The smallest absolute Gasteiger partial charge is 0.305 e. The lowest BCUT2D eigenvalue weighted by Crippen LogP contribution is -2.48. The number of hydrogen-bond acceptors (Lipinski definition) is 1. The molecule has 19 heavy (non-hydrogen) atoms. The first-order valence-electron chi connectivity index (χ1n) is 5.24. The van der Waals surface area contributed by atoms with Crippen molar-refractivity contribution < 1.29 is 22.0 Å². The molecule has 0 aliphatic rings. The Morgan fingerprint density at radius 1 is 1.16 bits per heavy atom. The van der Waals surface area contributed by atoms with Crippen molar-refractivity contribution in [3.05, 3.63) is 32.7 Å². The summed E-state index contributed by atoms with van der Waals surface area (Å²) in [7, 11) is 0. The van der Waals surface area contributed by atoms with Crippen LogP contribution in [0.2, 0.25) is 0 Å². The minimum Gasteiger partial charge on any atom is -0.305 e. The van der Waals surface area contributed by atoms with Crippen molar-refractivity contribution in [1.82, 2.24) is 5.32 Å². The molecular weight excluding hydrogens is 401 g/mol. The summed E-state index contributed by atoms with van der Waals surface area (Å²) in [6.07, 6.45) is -5.62. The first-order valence-corrected chi connectivity index (χ1v) is 6.82. The van der Waals surface area contributed by atoms with E-state index in [0.717, 1.165) is 0 Å². The van der Waals surface area contributed by atoms with E-state index in [4.69, 9.17) is 0 Å². The monoisotopic (exact) mass is 409 g/mol. The SMILES string of the molecule is CCNC(c1cc(Br)ccc1Br)C(F)(F)C(F)(F)F. The summed E-state index contributed by atoms with van der Waals surface area (Å²) >= 11 is 6.06. The molecule has 1 nitrogen and oxygen atoms in total. The molecule has 0 spiro atoms. The molecule has 0 heterocycles. The molecule has 0 fully saturated rings. The van der Waals surface area contributed by atoms with Gasteiger partial charge in [-0.15, -0.1) is 0 Å². The van der Waals surface area contributed by atoms with Crippen LogP contribution in [0.5, 0.6) is 0 Å². The molecule has 1 atom stereocenters. The molecule has 0 radical (unpaired) electrons. The van der Waals surface area contributed by atoms with E-state index in [0.29, 0.717) is 4.47 Å². The molecule has 0 aliphatic carbocycles. The molecule has 1 N–H and O–H groups in total. The van der Waals surface area contributed by atoms with Crippen molar-refractivity contribution in [1.29, 1.82) is 0 Å². The van der Waals surface area contributed by atoms with E-state index in [1.807, 2.05) is 0 Å². The predicted molar refractivity (Wildman–Crippen MR) is 69.3 cm³/mol. The average molecular weight is 411 g/mol. The number of halogens is 7. The first-order chi connectivity index (χ1) is 8.61. The molecule has 8 heteroatoms. The molecule has 0 bridgehead atoms. The Kier molecular flexibility index (Phi) is 5.36. The van der Waals surface area contributed by atoms with Crippen LogP contribution in [0.1, 0.15) is 18.5 Å². The Bertz CT molecular complexity index is 447. The number of alkyl halides is 5. The molecule has 0 saturated heterocycles. The van der Waals surface area contributed by atoms with Crippen molar-refractivity contribution in [3.8, 4) is 0 Å². The Hall–Kier alpha value is -0.210. The summed E-state index contributed by atoms with van der Waals surface area (Å²) in [5, 5.41) is 2.19. The van der Waals surface area contributed by atoms with Gasteiger partial charge in [0.15, 0.2) is 0 Å². The van der Waals surface area contributed by atoms with Crippen molar-refractivity contribution in [2.75, 3.05) is 6.54 Å². The van der Waals surface area contributed by atoms with E-state index in [1.165, 1.54) is 19.1 Å². The van der Waals surface area contributed by atoms with E-state index >= 15 is 0 Å². The highest BCUT2D eigenvalue weighted by Gasteiger charge is 2.62. The van der Waals surface area contributed by atoms with Crippen LogP contribution < -0.4 is 5.32 Å². The van der Waals surface area contributed by atoms with Gasteiger partial charge < -0.3 is 5.32 Å². The van der Waals surface area contributed by atoms with Gasteiger partial charge in [-0.2, -0.15) is 22.0 Å². The summed E-state index contributed by atoms with van der Waals surface area (Å²) in [6, 6.07) is 2.04. The van der Waals surface area contributed by atoms with Gasteiger partial charge in [-0.3, -0.25) is 0 Å². The lowest BCUT2D eigenvalue weighted by atomic mass is 10.00. The van der Waals surface area contributed by atoms with Gasteiger partial charge in [-0.1, -0.05) is 38.8 Å². The average Bonchev–Trinajstić information content (AvgIpc) is 2.28. The minimum atomic E-state index is -5.62. The molecule has 0 aromatic heterocycles. The van der Waals surface area contributed by atoms with Gasteiger partial charge in [-0.05, 0) is 30.3 Å². The van der Waals surface area contributed by atoms with E-state index in [-0.39, 0.29) is 16.6 Å². The fourth-order valence-electron chi connectivity index (χ4n) is 1.54. The van der Waals surface area contributed by atoms with E-state index in [2.05, 4.69) is 37.2 Å². The number of hydrogen-bond donors (Lipinski definition) is 1. The molecule has 1 unspecified atom stereocenters. The number of benzene rings is 1. The van der Waals surface area contributed by atoms with E-state index < -0.39 is 18.1 Å². The largest absolute Gasteiger partial charge is 0.455 e. The number of nitrogens with one attached hydrogen (secondary N) is 1. The topological polar surface area (TPSA) is 12.0 Å². The maximum absolute atomic E-state index is 13.6. The maximum Gasteiger partial charge on any atom is 0.455 e. The zero-order chi connectivity index (χ0) is 14.8. The fraction of sp³-hybridized carbons (Fsp3) is 0.455. The van der Waals surface area contributed by atoms with Gasteiger partial charge in [0.25, 0.3) is 0 Å². The number of rotatable bonds is 4. The second kappa shape index (κ2) is 6.05. The third kappa shape index (κ3) is 3.66. The Morgan fingerprint density at radius 3 is 2.21 bits per heavy atom. The lowest BCUT2D eigenvalue weighted by Gasteiger charge is -2.30. The van der Waals surface area contributed by atoms with Crippen LogP contribution in [-0.2, 0) is 0 Å². The highest BCUT2D eigenvalue weighted by Crippen LogP contribution is 2.46. The fourth-order valence-corrected chi connectivity index (χ4v) is 2.39. The normalized spacial score (nSPS) is 14.5. The molecule has 0 saturated carbocycles. The highest BCUT2D eigenvalue weighted by atomic mass is 79.9. The van der Waals surface area contributed by atoms with Gasteiger partial charge in [-0.25, -0.2) is 0 Å². The van der Waals surface area contributed by atoms with Crippen LogP contribution in [0.4, 0.5) is 22.0 Å². The zero-order valence-corrected chi connectivity index (χ0v) is 12.8. The van der Waals surface area contributed by atoms with Crippen LogP contribution >= 0.6 is 31.9 Å². The molecule has 0 amide bonds. The minimum absolute atomic E-state index is 0.0186. The molecule has 0 aliphatic heterocycles. The van der Waals surface area contributed by atoms with Crippen molar-refractivity contribution in [2.24, 2.45) is 0 Å². The van der Waals surface area contributed by atoms with Crippen molar-refractivity contribution >= 4 is 31.9 Å². The second-order valence-corrected chi connectivity index (χ2v) is 5.55. The first kappa shape index (κ1) is 16.8. The summed E-state index contributed by atoms with van der Waals surface area (Å²) in [5.41, 5.74) is -0.154. The van der Waals surface area contributed by atoms with Gasteiger partial charge in [0.1, 0.15) is 6.04 Å². The van der Waals surface area contributed by atoms with Crippen LogP contribution in [0.15, 0.2) is 27.1 Å². The Morgan fingerprint density at radius 2 is 1.74 bits per heavy atom. The Labute approximate surface area is 123 Å². The predicted octanol–water partition coefficient (Wildman–Crippen LogP) is 5.06. The van der Waals surface area contributed by atoms with Gasteiger partial charge in [0.05, 0.1) is 0 Å². The quantitative estimate of drug-likeness (QED) is 0.684. The Balaban J connectivity index is 3.32. The third-order valence-corrected chi connectivity index (χ3v) is 3.63. The highest BCUT2D eigenvalue weighted by molar-refractivity contribution is 9.11. The second-order valence-electron chi connectivity index (χ2n) is 3.78. The maximum atomic E-state index is 13.6. The van der Waals surface area contributed by atoms with Crippen LogP contribution in [0, 0.1) is 0 Å². The zero-order valence-electron chi connectivity index (χ0n) is 9.66. The van der Waals surface area contributed by atoms with Crippen LogP contribution in [-0.4, -0.2) is 18.6 Å². The molecule has 108 valence electrons. The molecule has 1 aromatic rings. The molecular formula is C11H10Br2F5N. The van der Waals surface area contributed by atoms with Crippen molar-refractivity contribution in [3.63, 3.8) is 0 Å². The standard InChI is InChI=1S/C11H10Br2F5N/c1-2-19-9(10(14,15)11(16,17)18)7-5-6(12)3-4-8(7)13/h3-5,9,19H,2H2,1H3. The summed E-state index contributed by atoms with van der Waals surface area (Å²) in [6.45, 7) is 1.45. The third-order valence-electron chi connectivity index (χ3n) is 2.42. The van der Waals surface area contributed by atoms with E-state index in [9.17, 15) is 22.0 Å². The molecule has 1 rings (SSSR count).